The number of ether oxygens (including phenoxy) is 2. The van der Waals surface area contributed by atoms with Crippen LogP contribution in [-0.4, -0.2) is 81.5 Å². The maximum Gasteiger partial charge on any atom is 0.217 e. The summed E-state index contributed by atoms with van der Waals surface area (Å²) in [6.07, 6.45) is 4.91. The predicted molar refractivity (Wildman–Crippen MR) is 86.8 cm³/mol. The van der Waals surface area contributed by atoms with Gasteiger partial charge >= 0.3 is 0 Å². The zero-order chi connectivity index (χ0) is 15.9. The molecule has 23 heavy (non-hydrogen) atoms. The van der Waals surface area contributed by atoms with Crippen LogP contribution in [-0.2, 0) is 19.5 Å². The highest BCUT2D eigenvalue weighted by molar-refractivity contribution is 7.90. The molecule has 3 aliphatic heterocycles. The van der Waals surface area contributed by atoms with Gasteiger partial charge in [-0.05, 0) is 38.6 Å². The van der Waals surface area contributed by atoms with Crippen molar-refractivity contribution in [3.8, 4) is 0 Å². The second kappa shape index (κ2) is 6.26. The second-order valence-electron chi connectivity index (χ2n) is 7.69. The molecule has 1 atom stereocenters. The largest absolute Gasteiger partial charge is 0.381 e. The summed E-state index contributed by atoms with van der Waals surface area (Å²) in [5.41, 5.74) is -0.0171. The summed E-state index contributed by atoms with van der Waals surface area (Å²) < 4.78 is 38.4. The van der Waals surface area contributed by atoms with Gasteiger partial charge in [-0.15, -0.1) is 0 Å². The Morgan fingerprint density at radius 3 is 2.43 bits per heavy atom. The topological polar surface area (TPSA) is 59.1 Å². The number of sulfonamides is 1. The van der Waals surface area contributed by atoms with E-state index in [9.17, 15) is 8.42 Å². The summed E-state index contributed by atoms with van der Waals surface area (Å²) in [7, 11) is -3.10. The van der Waals surface area contributed by atoms with Crippen LogP contribution < -0.4 is 0 Å². The molecule has 0 N–H and O–H groups in total. The van der Waals surface area contributed by atoms with E-state index < -0.39 is 10.0 Å². The molecule has 0 aromatic carbocycles. The molecule has 0 radical (unpaired) electrons. The minimum absolute atomic E-state index is 0.0171. The van der Waals surface area contributed by atoms with Gasteiger partial charge in [-0.1, -0.05) is 0 Å². The van der Waals surface area contributed by atoms with Gasteiger partial charge in [0.15, 0.2) is 0 Å². The average Bonchev–Trinajstić information content (AvgIpc) is 3.35. The van der Waals surface area contributed by atoms with E-state index in [4.69, 9.17) is 9.47 Å². The number of rotatable bonds is 3. The van der Waals surface area contributed by atoms with E-state index in [-0.39, 0.29) is 10.7 Å². The van der Waals surface area contributed by atoms with Gasteiger partial charge in [0.25, 0.3) is 0 Å². The first kappa shape index (κ1) is 16.3. The molecule has 0 bridgehead atoms. The van der Waals surface area contributed by atoms with Gasteiger partial charge in [0.1, 0.15) is 0 Å². The van der Waals surface area contributed by atoms with Crippen LogP contribution in [0.4, 0.5) is 0 Å². The molecule has 132 valence electrons. The van der Waals surface area contributed by atoms with Crippen molar-refractivity contribution in [1.82, 2.24) is 9.21 Å². The first-order valence-corrected chi connectivity index (χ1v) is 10.5. The molecule has 3 saturated heterocycles. The summed E-state index contributed by atoms with van der Waals surface area (Å²) in [5.74, 6) is 0. The van der Waals surface area contributed by atoms with Crippen molar-refractivity contribution in [3.05, 3.63) is 0 Å². The molecule has 0 amide bonds. The number of likely N-dealkylation sites (tertiary alicyclic amines) is 1. The molecule has 1 aliphatic carbocycles. The molecule has 6 nitrogen and oxygen atoms in total. The second-order valence-corrected chi connectivity index (χ2v) is 9.91. The Morgan fingerprint density at radius 1 is 0.913 bits per heavy atom. The van der Waals surface area contributed by atoms with Crippen molar-refractivity contribution in [2.75, 3.05) is 52.6 Å². The lowest BCUT2D eigenvalue weighted by Crippen LogP contribution is -2.46. The van der Waals surface area contributed by atoms with Gasteiger partial charge in [0.2, 0.25) is 10.0 Å². The standard InChI is InChI=1S/C16H28N2O4S/c19-23(20,15-1-2-15)18-7-10-22-13-16(12-18)5-6-17(11-16)14-3-8-21-9-4-14/h14-15H,1-13H2/t16-/m1/s1. The molecule has 4 fully saturated rings. The fourth-order valence-corrected chi connectivity index (χ4v) is 6.26. The SMILES string of the molecule is O=S(=O)(C1CC1)N1CCOC[C@@]2(CCN(C3CCOCC3)C2)C1. The molecule has 3 heterocycles. The zero-order valence-corrected chi connectivity index (χ0v) is 14.6. The first-order valence-electron chi connectivity index (χ1n) is 8.98. The molecular weight excluding hydrogens is 316 g/mol. The van der Waals surface area contributed by atoms with Crippen molar-refractivity contribution in [2.24, 2.45) is 5.41 Å². The fraction of sp³-hybridized carbons (Fsp3) is 1.00. The van der Waals surface area contributed by atoms with E-state index in [0.717, 1.165) is 58.4 Å². The summed E-state index contributed by atoms with van der Waals surface area (Å²) in [6, 6.07) is 0.597. The van der Waals surface area contributed by atoms with E-state index >= 15 is 0 Å². The summed E-state index contributed by atoms with van der Waals surface area (Å²) in [5, 5.41) is -0.120. The molecule has 0 aromatic heterocycles. The first-order chi connectivity index (χ1) is 11.1. The fourth-order valence-electron chi connectivity index (χ4n) is 4.33. The molecule has 4 aliphatic rings. The highest BCUT2D eigenvalue weighted by atomic mass is 32.2. The molecular formula is C16H28N2O4S. The van der Waals surface area contributed by atoms with Crippen molar-refractivity contribution in [3.63, 3.8) is 0 Å². The highest BCUT2D eigenvalue weighted by Gasteiger charge is 2.48. The minimum Gasteiger partial charge on any atom is -0.381 e. The molecule has 0 aromatic rings. The highest BCUT2D eigenvalue weighted by Crippen LogP contribution is 2.39. The number of hydrogen-bond acceptors (Lipinski definition) is 5. The number of nitrogens with zero attached hydrogens (tertiary/aromatic N) is 2. The van der Waals surface area contributed by atoms with Gasteiger partial charge in [-0.2, -0.15) is 4.31 Å². The normalized spacial score (nSPS) is 35.7. The summed E-state index contributed by atoms with van der Waals surface area (Å²) in [4.78, 5) is 2.55. The van der Waals surface area contributed by atoms with Crippen molar-refractivity contribution < 1.29 is 17.9 Å². The Hall–Kier alpha value is -0.210. The molecule has 1 spiro atoms. The smallest absolute Gasteiger partial charge is 0.217 e. The van der Waals surface area contributed by atoms with E-state index in [1.165, 1.54) is 0 Å². The van der Waals surface area contributed by atoms with Crippen LogP contribution in [0, 0.1) is 5.41 Å². The minimum atomic E-state index is -3.10. The number of hydrogen-bond donors (Lipinski definition) is 0. The van der Waals surface area contributed by atoms with Crippen LogP contribution in [0.3, 0.4) is 0 Å². The van der Waals surface area contributed by atoms with Crippen LogP contribution >= 0.6 is 0 Å². The lowest BCUT2D eigenvalue weighted by atomic mass is 9.88. The lowest BCUT2D eigenvalue weighted by molar-refractivity contribution is 0.0295. The Kier molecular flexibility index (Phi) is 4.43. The third-order valence-corrected chi connectivity index (χ3v) is 8.23. The molecule has 0 unspecified atom stereocenters. The van der Waals surface area contributed by atoms with Gasteiger partial charge in [-0.3, -0.25) is 4.90 Å². The van der Waals surface area contributed by atoms with E-state index in [1.54, 1.807) is 4.31 Å². The van der Waals surface area contributed by atoms with E-state index in [1.807, 2.05) is 0 Å². The summed E-state index contributed by atoms with van der Waals surface area (Å²) in [6.45, 7) is 6.14. The van der Waals surface area contributed by atoms with Crippen molar-refractivity contribution in [1.29, 1.82) is 0 Å². The quantitative estimate of drug-likeness (QED) is 0.754. The Morgan fingerprint density at radius 2 is 1.70 bits per heavy atom. The summed E-state index contributed by atoms with van der Waals surface area (Å²) >= 11 is 0. The van der Waals surface area contributed by atoms with Gasteiger partial charge in [0.05, 0.1) is 18.5 Å². The van der Waals surface area contributed by atoms with E-state index in [0.29, 0.717) is 32.3 Å². The molecule has 1 saturated carbocycles. The molecule has 7 heteroatoms. The van der Waals surface area contributed by atoms with Crippen LogP contribution in [0.5, 0.6) is 0 Å². The predicted octanol–water partition coefficient (Wildman–Crippen LogP) is 0.682. The Balaban J connectivity index is 1.46. The van der Waals surface area contributed by atoms with Gasteiger partial charge in [0, 0.05) is 44.3 Å². The Bertz CT molecular complexity index is 530. The van der Waals surface area contributed by atoms with Gasteiger partial charge < -0.3 is 9.47 Å². The van der Waals surface area contributed by atoms with Crippen LogP contribution in [0.15, 0.2) is 0 Å². The average molecular weight is 344 g/mol. The maximum absolute atomic E-state index is 12.7. The van der Waals surface area contributed by atoms with Crippen LogP contribution in [0.2, 0.25) is 0 Å². The Labute approximate surface area is 139 Å². The van der Waals surface area contributed by atoms with Crippen molar-refractivity contribution in [2.45, 2.75) is 43.4 Å². The van der Waals surface area contributed by atoms with Crippen molar-refractivity contribution >= 4 is 10.0 Å². The van der Waals surface area contributed by atoms with Crippen LogP contribution in [0.1, 0.15) is 32.1 Å². The van der Waals surface area contributed by atoms with Gasteiger partial charge in [-0.25, -0.2) is 8.42 Å². The van der Waals surface area contributed by atoms with E-state index in [2.05, 4.69) is 4.90 Å². The third-order valence-electron chi connectivity index (χ3n) is 5.89. The lowest BCUT2D eigenvalue weighted by Gasteiger charge is -2.35. The van der Waals surface area contributed by atoms with Crippen LogP contribution in [0.25, 0.3) is 0 Å². The maximum atomic E-state index is 12.7. The molecule has 4 rings (SSSR count). The third kappa shape index (κ3) is 3.31. The zero-order valence-electron chi connectivity index (χ0n) is 13.8. The monoisotopic (exact) mass is 344 g/mol.